The fourth-order valence-electron chi connectivity index (χ4n) is 2.38. The van der Waals surface area contributed by atoms with Crippen molar-refractivity contribution in [3.63, 3.8) is 0 Å². The van der Waals surface area contributed by atoms with Gasteiger partial charge in [-0.05, 0) is 56.9 Å². The van der Waals surface area contributed by atoms with E-state index < -0.39 is 10.0 Å². The molecular formula is C15H21N3O2S. The third-order valence-electron chi connectivity index (χ3n) is 3.95. The fourth-order valence-corrected chi connectivity index (χ4v) is 4.00. The first kappa shape index (κ1) is 15.7. The smallest absolute Gasteiger partial charge is 0.241 e. The molecule has 0 radical (unpaired) electrons. The van der Waals surface area contributed by atoms with Crippen molar-refractivity contribution in [1.29, 1.82) is 0 Å². The van der Waals surface area contributed by atoms with Crippen molar-refractivity contribution in [2.75, 3.05) is 0 Å². The van der Waals surface area contributed by atoms with E-state index in [1.807, 2.05) is 40.7 Å². The molecule has 0 aliphatic rings. The second-order valence-electron chi connectivity index (χ2n) is 5.43. The van der Waals surface area contributed by atoms with E-state index in [4.69, 9.17) is 0 Å². The van der Waals surface area contributed by atoms with Gasteiger partial charge in [0, 0.05) is 17.8 Å². The quantitative estimate of drug-likeness (QED) is 0.911. The highest BCUT2D eigenvalue weighted by Crippen LogP contribution is 2.26. The van der Waals surface area contributed by atoms with Crippen LogP contribution in [0.25, 0.3) is 0 Å². The number of sulfonamides is 1. The van der Waals surface area contributed by atoms with Gasteiger partial charge in [0.1, 0.15) is 0 Å². The third-order valence-corrected chi connectivity index (χ3v) is 5.63. The van der Waals surface area contributed by atoms with Crippen molar-refractivity contribution in [3.8, 4) is 0 Å². The molecular weight excluding hydrogens is 286 g/mol. The first-order valence-electron chi connectivity index (χ1n) is 6.80. The van der Waals surface area contributed by atoms with E-state index in [-0.39, 0.29) is 6.54 Å². The molecule has 0 unspecified atom stereocenters. The molecule has 1 aromatic carbocycles. The van der Waals surface area contributed by atoms with E-state index in [1.165, 1.54) is 0 Å². The summed E-state index contributed by atoms with van der Waals surface area (Å²) in [6, 6.07) is 2.02. The topological polar surface area (TPSA) is 74.8 Å². The Morgan fingerprint density at radius 2 is 1.67 bits per heavy atom. The Hall–Kier alpha value is -1.66. The maximum Gasteiger partial charge on any atom is 0.241 e. The molecule has 5 nitrogen and oxygen atoms in total. The van der Waals surface area contributed by atoms with Gasteiger partial charge < -0.3 is 0 Å². The minimum atomic E-state index is -3.55. The zero-order valence-corrected chi connectivity index (χ0v) is 13.9. The Morgan fingerprint density at radius 1 is 1.10 bits per heavy atom. The summed E-state index contributed by atoms with van der Waals surface area (Å²) < 4.78 is 28.0. The van der Waals surface area contributed by atoms with Gasteiger partial charge in [-0.25, -0.2) is 13.1 Å². The van der Waals surface area contributed by atoms with Crippen LogP contribution in [0.15, 0.2) is 17.2 Å². The van der Waals surface area contributed by atoms with Crippen molar-refractivity contribution in [1.82, 2.24) is 14.9 Å². The van der Waals surface area contributed by atoms with Crippen LogP contribution >= 0.6 is 0 Å². The summed E-state index contributed by atoms with van der Waals surface area (Å²) in [5.41, 5.74) is 5.28. The van der Waals surface area contributed by atoms with Gasteiger partial charge in [-0.1, -0.05) is 6.07 Å². The van der Waals surface area contributed by atoms with Crippen molar-refractivity contribution in [2.45, 2.75) is 46.1 Å². The van der Waals surface area contributed by atoms with Gasteiger partial charge in [-0.15, -0.1) is 0 Å². The van der Waals surface area contributed by atoms with Gasteiger partial charge in [0.2, 0.25) is 10.0 Å². The number of aromatic nitrogens is 2. The molecule has 0 bridgehead atoms. The summed E-state index contributed by atoms with van der Waals surface area (Å²) in [6.07, 6.45) is 1.64. The number of hydrogen-bond donors (Lipinski definition) is 2. The normalized spacial score (nSPS) is 11.9. The monoisotopic (exact) mass is 307 g/mol. The van der Waals surface area contributed by atoms with Crippen LogP contribution in [0.4, 0.5) is 0 Å². The Kier molecular flexibility index (Phi) is 4.20. The van der Waals surface area contributed by atoms with Gasteiger partial charge >= 0.3 is 0 Å². The van der Waals surface area contributed by atoms with E-state index in [1.54, 1.807) is 6.20 Å². The molecule has 1 aromatic heterocycles. The predicted molar refractivity (Wildman–Crippen MR) is 82.7 cm³/mol. The van der Waals surface area contributed by atoms with Crippen LogP contribution in [0.2, 0.25) is 0 Å². The van der Waals surface area contributed by atoms with Gasteiger partial charge in [0.15, 0.2) is 0 Å². The lowest BCUT2D eigenvalue weighted by Crippen LogP contribution is -2.25. The second kappa shape index (κ2) is 5.61. The number of nitrogens with one attached hydrogen (secondary N) is 2. The van der Waals surface area contributed by atoms with Crippen LogP contribution in [0.3, 0.4) is 0 Å². The summed E-state index contributed by atoms with van der Waals surface area (Å²) in [5, 5.41) is 6.70. The van der Waals surface area contributed by atoms with Gasteiger partial charge in [-0.3, -0.25) is 5.10 Å². The minimum absolute atomic E-state index is 0.233. The first-order valence-corrected chi connectivity index (χ1v) is 8.28. The maximum absolute atomic E-state index is 12.6. The highest BCUT2D eigenvalue weighted by molar-refractivity contribution is 7.89. The standard InChI is InChI=1S/C15H21N3O2S/c1-9-6-10(2)12(4)15(11(9)3)21(19,20)17-8-14-7-16-18-13(14)5/h6-7,17H,8H2,1-5H3,(H,16,18). The molecule has 0 fully saturated rings. The zero-order valence-electron chi connectivity index (χ0n) is 13.0. The molecule has 2 rings (SSSR count). The summed E-state index contributed by atoms with van der Waals surface area (Å²) >= 11 is 0. The van der Waals surface area contributed by atoms with Gasteiger partial charge in [-0.2, -0.15) is 5.10 Å². The molecule has 0 saturated heterocycles. The Balaban J connectivity index is 2.39. The number of nitrogens with zero attached hydrogens (tertiary/aromatic N) is 1. The molecule has 0 aliphatic heterocycles. The van der Waals surface area contributed by atoms with Crippen molar-refractivity contribution < 1.29 is 8.42 Å². The average molecular weight is 307 g/mol. The number of H-pyrrole nitrogens is 1. The lowest BCUT2D eigenvalue weighted by molar-refractivity contribution is 0.579. The number of benzene rings is 1. The predicted octanol–water partition coefficient (Wildman–Crippen LogP) is 2.43. The number of aromatic amines is 1. The molecule has 0 saturated carbocycles. The Morgan fingerprint density at radius 3 is 2.14 bits per heavy atom. The lowest BCUT2D eigenvalue weighted by Gasteiger charge is -2.16. The highest BCUT2D eigenvalue weighted by Gasteiger charge is 2.22. The molecule has 0 spiro atoms. The van der Waals surface area contributed by atoms with Crippen molar-refractivity contribution in [3.05, 3.63) is 45.8 Å². The summed E-state index contributed by atoms with van der Waals surface area (Å²) in [5.74, 6) is 0. The van der Waals surface area contributed by atoms with E-state index >= 15 is 0 Å². The summed E-state index contributed by atoms with van der Waals surface area (Å²) in [6.45, 7) is 9.65. The highest BCUT2D eigenvalue weighted by atomic mass is 32.2. The molecule has 1 heterocycles. The molecule has 2 N–H and O–H groups in total. The summed E-state index contributed by atoms with van der Waals surface area (Å²) in [4.78, 5) is 0.390. The third kappa shape index (κ3) is 3.01. The second-order valence-corrected chi connectivity index (χ2v) is 7.14. The van der Waals surface area contributed by atoms with Crippen molar-refractivity contribution >= 4 is 10.0 Å². The molecule has 0 amide bonds. The SMILES string of the molecule is Cc1cc(C)c(C)c(S(=O)(=O)NCc2cn[nH]c2C)c1C. The number of aryl methyl sites for hydroxylation is 3. The van der Waals surface area contributed by atoms with Crippen LogP contribution in [0, 0.1) is 34.6 Å². The lowest BCUT2D eigenvalue weighted by atomic mass is 10.0. The largest absolute Gasteiger partial charge is 0.283 e. The zero-order chi connectivity index (χ0) is 15.8. The first-order chi connectivity index (χ1) is 9.74. The molecule has 6 heteroatoms. The molecule has 0 aliphatic carbocycles. The van der Waals surface area contributed by atoms with E-state index in [9.17, 15) is 8.42 Å². The van der Waals surface area contributed by atoms with E-state index in [0.717, 1.165) is 33.5 Å². The van der Waals surface area contributed by atoms with E-state index in [2.05, 4.69) is 14.9 Å². The maximum atomic E-state index is 12.6. The molecule has 21 heavy (non-hydrogen) atoms. The number of rotatable bonds is 4. The molecule has 0 atom stereocenters. The molecule has 2 aromatic rings. The van der Waals surface area contributed by atoms with Crippen LogP contribution < -0.4 is 4.72 Å². The summed E-state index contributed by atoms with van der Waals surface area (Å²) in [7, 11) is -3.55. The van der Waals surface area contributed by atoms with Crippen molar-refractivity contribution in [2.24, 2.45) is 0 Å². The number of hydrogen-bond acceptors (Lipinski definition) is 3. The van der Waals surface area contributed by atoms with Crippen LogP contribution in [-0.2, 0) is 16.6 Å². The average Bonchev–Trinajstić information content (AvgIpc) is 2.80. The van der Waals surface area contributed by atoms with Crippen LogP contribution in [-0.4, -0.2) is 18.6 Å². The van der Waals surface area contributed by atoms with E-state index in [0.29, 0.717) is 4.90 Å². The Labute approximate surface area is 125 Å². The van der Waals surface area contributed by atoms with Gasteiger partial charge in [0.25, 0.3) is 0 Å². The Bertz CT molecular complexity index is 750. The minimum Gasteiger partial charge on any atom is -0.283 e. The van der Waals surface area contributed by atoms with Crippen LogP contribution in [0.5, 0.6) is 0 Å². The fraction of sp³-hybridized carbons (Fsp3) is 0.400. The van der Waals surface area contributed by atoms with Gasteiger partial charge in [0.05, 0.1) is 11.1 Å². The molecule has 114 valence electrons. The van der Waals surface area contributed by atoms with Crippen LogP contribution in [0.1, 0.15) is 33.5 Å².